The minimum absolute atomic E-state index is 0.0612. The van der Waals surface area contributed by atoms with Crippen molar-refractivity contribution in [2.24, 2.45) is 5.92 Å². The Bertz CT molecular complexity index is 1520. The second-order valence-corrected chi connectivity index (χ2v) is 8.73. The lowest BCUT2D eigenvalue weighted by atomic mass is 10.1. The molecular formula is C25H25N5O. The van der Waals surface area contributed by atoms with Gasteiger partial charge < -0.3 is 0 Å². The van der Waals surface area contributed by atoms with E-state index in [4.69, 9.17) is 15.0 Å². The summed E-state index contributed by atoms with van der Waals surface area (Å²) in [4.78, 5) is 28.3. The Morgan fingerprint density at radius 2 is 1.52 bits per heavy atom. The second kappa shape index (κ2) is 7.01. The van der Waals surface area contributed by atoms with Gasteiger partial charge in [0.15, 0.2) is 11.3 Å². The number of aromatic nitrogens is 5. The maximum absolute atomic E-state index is 13.7. The van der Waals surface area contributed by atoms with Crippen molar-refractivity contribution in [2.45, 2.75) is 41.2 Å². The molecule has 0 unspecified atom stereocenters. The molecule has 0 aliphatic heterocycles. The molecule has 0 N–H and O–H groups in total. The lowest BCUT2D eigenvalue weighted by molar-refractivity contribution is 0.498. The number of fused-ring (bicyclic) bond motifs is 4. The van der Waals surface area contributed by atoms with Gasteiger partial charge in [0, 0.05) is 12.2 Å². The number of aryl methyl sites for hydroxylation is 3. The fraction of sp³-hybridized carbons (Fsp3) is 0.280. The molecule has 0 aliphatic carbocycles. The molecule has 5 aromatic rings. The standard InChI is InChI=1S/C25H25N5O/c1-14(2)13-29-17(5)26-23-21(25(29)31)22-24(28-20-9-7-6-8-19(20)27-22)30(23)18-11-15(3)10-16(4)12-18/h6-12,14H,13H2,1-5H3. The number of para-hydroxylation sites is 2. The molecule has 0 radical (unpaired) electrons. The van der Waals surface area contributed by atoms with Gasteiger partial charge in [0.1, 0.15) is 16.7 Å². The maximum Gasteiger partial charge on any atom is 0.265 e. The number of hydrogen-bond acceptors (Lipinski definition) is 4. The van der Waals surface area contributed by atoms with Gasteiger partial charge in [0.2, 0.25) is 0 Å². The SMILES string of the molecule is Cc1cc(C)cc(-n2c3nc4ccccc4nc3c3c(=O)n(CC(C)C)c(C)nc32)c1. The lowest BCUT2D eigenvalue weighted by Crippen LogP contribution is -2.26. The van der Waals surface area contributed by atoms with Gasteiger partial charge in [0.25, 0.3) is 5.56 Å². The van der Waals surface area contributed by atoms with E-state index in [-0.39, 0.29) is 5.56 Å². The monoisotopic (exact) mass is 411 g/mol. The highest BCUT2D eigenvalue weighted by Crippen LogP contribution is 2.29. The molecule has 3 aromatic heterocycles. The van der Waals surface area contributed by atoms with E-state index in [9.17, 15) is 4.79 Å². The second-order valence-electron chi connectivity index (χ2n) is 8.73. The molecule has 31 heavy (non-hydrogen) atoms. The molecule has 6 heteroatoms. The molecule has 156 valence electrons. The topological polar surface area (TPSA) is 65.6 Å². The Morgan fingerprint density at radius 3 is 2.16 bits per heavy atom. The van der Waals surface area contributed by atoms with Gasteiger partial charge in [0.05, 0.1) is 11.0 Å². The molecule has 0 amide bonds. The third kappa shape index (κ3) is 3.10. The predicted molar refractivity (Wildman–Crippen MR) is 125 cm³/mol. The molecule has 0 bridgehead atoms. The van der Waals surface area contributed by atoms with Gasteiger partial charge in [-0.15, -0.1) is 0 Å². The van der Waals surface area contributed by atoms with E-state index in [2.05, 4.69) is 45.9 Å². The minimum atomic E-state index is -0.0612. The van der Waals surface area contributed by atoms with Gasteiger partial charge in [-0.3, -0.25) is 13.9 Å². The van der Waals surface area contributed by atoms with Crippen LogP contribution in [-0.4, -0.2) is 24.1 Å². The van der Waals surface area contributed by atoms with Crippen molar-refractivity contribution >= 4 is 33.2 Å². The van der Waals surface area contributed by atoms with Crippen LogP contribution in [0, 0.1) is 26.7 Å². The lowest BCUT2D eigenvalue weighted by Gasteiger charge is -2.13. The number of benzene rings is 2. The van der Waals surface area contributed by atoms with Crippen molar-refractivity contribution < 1.29 is 0 Å². The van der Waals surface area contributed by atoms with Crippen molar-refractivity contribution in [1.82, 2.24) is 24.1 Å². The van der Waals surface area contributed by atoms with E-state index in [1.54, 1.807) is 4.57 Å². The number of nitrogens with zero attached hydrogens (tertiary/aromatic N) is 5. The smallest absolute Gasteiger partial charge is 0.265 e. The summed E-state index contributed by atoms with van der Waals surface area (Å²) in [7, 11) is 0. The molecule has 2 aromatic carbocycles. The Balaban J connectivity index is 2.01. The maximum atomic E-state index is 13.7. The summed E-state index contributed by atoms with van der Waals surface area (Å²) in [5.74, 6) is 1.03. The van der Waals surface area contributed by atoms with Crippen LogP contribution in [0.4, 0.5) is 0 Å². The van der Waals surface area contributed by atoms with Crippen LogP contribution in [0.3, 0.4) is 0 Å². The summed E-state index contributed by atoms with van der Waals surface area (Å²) in [6, 6.07) is 14.1. The van der Waals surface area contributed by atoms with E-state index >= 15 is 0 Å². The molecule has 0 spiro atoms. The average Bonchev–Trinajstić information content (AvgIpc) is 3.01. The first kappa shape index (κ1) is 19.4. The van der Waals surface area contributed by atoms with Crippen molar-refractivity contribution in [3.8, 4) is 5.69 Å². The fourth-order valence-corrected chi connectivity index (χ4v) is 4.34. The van der Waals surface area contributed by atoms with Crippen LogP contribution < -0.4 is 5.56 Å². The Hall–Kier alpha value is -3.54. The molecule has 5 rings (SSSR count). The molecule has 0 saturated heterocycles. The van der Waals surface area contributed by atoms with E-state index in [1.807, 2.05) is 35.8 Å². The highest BCUT2D eigenvalue weighted by molar-refractivity contribution is 6.05. The molecule has 3 heterocycles. The van der Waals surface area contributed by atoms with Crippen LogP contribution in [0.2, 0.25) is 0 Å². The van der Waals surface area contributed by atoms with Gasteiger partial charge in [-0.2, -0.15) is 0 Å². The van der Waals surface area contributed by atoms with Gasteiger partial charge >= 0.3 is 0 Å². The third-order valence-corrected chi connectivity index (χ3v) is 5.57. The molecule has 0 fully saturated rings. The summed E-state index contributed by atoms with van der Waals surface area (Å²) in [5, 5.41) is 0.527. The van der Waals surface area contributed by atoms with Crippen LogP contribution >= 0.6 is 0 Å². The summed E-state index contributed by atoms with van der Waals surface area (Å²) >= 11 is 0. The van der Waals surface area contributed by atoms with Crippen LogP contribution in [-0.2, 0) is 6.54 Å². The van der Waals surface area contributed by atoms with Crippen molar-refractivity contribution in [2.75, 3.05) is 0 Å². The quantitative estimate of drug-likeness (QED) is 0.425. The van der Waals surface area contributed by atoms with Crippen LogP contribution in [0.5, 0.6) is 0 Å². The summed E-state index contributed by atoms with van der Waals surface area (Å²) in [5.41, 5.74) is 6.59. The highest BCUT2D eigenvalue weighted by Gasteiger charge is 2.22. The van der Waals surface area contributed by atoms with Gasteiger partial charge in [-0.1, -0.05) is 32.0 Å². The van der Waals surface area contributed by atoms with E-state index in [0.29, 0.717) is 40.5 Å². The molecule has 0 aliphatic rings. The zero-order valence-electron chi connectivity index (χ0n) is 18.5. The number of hydrogen-bond donors (Lipinski definition) is 0. The molecule has 0 atom stereocenters. The first-order chi connectivity index (χ1) is 14.8. The molecule has 6 nitrogen and oxygen atoms in total. The Labute approximate surface area is 180 Å². The predicted octanol–water partition coefficient (Wildman–Crippen LogP) is 4.86. The zero-order valence-corrected chi connectivity index (χ0v) is 18.5. The Morgan fingerprint density at radius 1 is 0.871 bits per heavy atom. The van der Waals surface area contributed by atoms with Gasteiger partial charge in [-0.25, -0.2) is 15.0 Å². The van der Waals surface area contributed by atoms with E-state index < -0.39 is 0 Å². The van der Waals surface area contributed by atoms with Crippen LogP contribution in [0.15, 0.2) is 47.3 Å². The largest absolute Gasteiger partial charge is 0.296 e. The zero-order chi connectivity index (χ0) is 21.9. The van der Waals surface area contributed by atoms with Crippen LogP contribution in [0.1, 0.15) is 30.8 Å². The highest BCUT2D eigenvalue weighted by atomic mass is 16.1. The van der Waals surface area contributed by atoms with Gasteiger partial charge in [-0.05, 0) is 62.1 Å². The summed E-state index contributed by atoms with van der Waals surface area (Å²) < 4.78 is 3.74. The molecular weight excluding hydrogens is 386 g/mol. The van der Waals surface area contributed by atoms with Crippen molar-refractivity contribution in [3.63, 3.8) is 0 Å². The van der Waals surface area contributed by atoms with Crippen molar-refractivity contribution in [1.29, 1.82) is 0 Å². The third-order valence-electron chi connectivity index (χ3n) is 5.57. The fourth-order valence-electron chi connectivity index (χ4n) is 4.34. The average molecular weight is 412 g/mol. The first-order valence-electron chi connectivity index (χ1n) is 10.6. The number of rotatable bonds is 3. The summed E-state index contributed by atoms with van der Waals surface area (Å²) in [6.45, 7) is 10.8. The minimum Gasteiger partial charge on any atom is -0.296 e. The first-order valence-corrected chi connectivity index (χ1v) is 10.6. The summed E-state index contributed by atoms with van der Waals surface area (Å²) in [6.07, 6.45) is 0. The van der Waals surface area contributed by atoms with E-state index in [0.717, 1.165) is 27.8 Å². The Kier molecular flexibility index (Phi) is 4.39. The van der Waals surface area contributed by atoms with Crippen LogP contribution in [0.25, 0.3) is 38.9 Å². The van der Waals surface area contributed by atoms with E-state index in [1.165, 1.54) is 0 Å². The molecule has 0 saturated carbocycles. The van der Waals surface area contributed by atoms with Crippen molar-refractivity contribution in [3.05, 3.63) is 69.8 Å². The normalized spacial score (nSPS) is 11.9.